The molecule has 0 aromatic heterocycles. The van der Waals surface area contributed by atoms with Gasteiger partial charge in [-0.2, -0.15) is 0 Å². The van der Waals surface area contributed by atoms with E-state index in [0.29, 0.717) is 103 Å². The minimum absolute atomic E-state index is 0.0201. The molecule has 0 aromatic rings. The maximum Gasteiger partial charge on any atom is 0.238 e. The van der Waals surface area contributed by atoms with Crippen LogP contribution >= 0.6 is 47.0 Å². The highest BCUT2D eigenvalue weighted by Gasteiger charge is 2.35. The van der Waals surface area contributed by atoms with Crippen LogP contribution in [-0.2, 0) is 38.1 Å². The van der Waals surface area contributed by atoms with Gasteiger partial charge >= 0.3 is 0 Å². The molecule has 544 valence electrons. The Morgan fingerprint density at radius 1 is 0.424 bits per heavy atom. The van der Waals surface area contributed by atoms with Gasteiger partial charge in [0.05, 0.1) is 82.4 Å². The number of methoxy groups -OCH3 is 4. The van der Waals surface area contributed by atoms with Crippen LogP contribution < -0.4 is 53.2 Å². The molecule has 0 radical (unpaired) electrons. The Hall–Kier alpha value is -1.28. The summed E-state index contributed by atoms with van der Waals surface area (Å²) in [7, 11) is 6.51. The first-order valence-corrected chi connectivity index (χ1v) is 38.7. The van der Waals surface area contributed by atoms with Crippen molar-refractivity contribution in [3.63, 3.8) is 0 Å². The van der Waals surface area contributed by atoms with Gasteiger partial charge in [-0.25, -0.2) is 0 Å². The molecule has 16 unspecified atom stereocenters. The molecule has 4 fully saturated rings. The van der Waals surface area contributed by atoms with Gasteiger partial charge < -0.3 is 81.9 Å². The van der Waals surface area contributed by atoms with Crippen molar-refractivity contribution in [1.29, 1.82) is 0 Å². The molecule has 4 aliphatic rings. The van der Waals surface area contributed by atoms with E-state index in [-0.39, 0.29) is 95.8 Å². The number of amides is 4. The van der Waals surface area contributed by atoms with Crippen molar-refractivity contribution in [3.8, 4) is 0 Å². The fourth-order valence-electron chi connectivity index (χ4n) is 11.6. The largest absolute Gasteiger partial charge is 0.390 e. The Labute approximate surface area is 574 Å². The average Bonchev–Trinajstić information content (AvgIpc) is 2.09. The van der Waals surface area contributed by atoms with E-state index in [1.807, 2.05) is 85.8 Å². The Morgan fingerprint density at radius 3 is 1.08 bits per heavy atom. The first kappa shape index (κ1) is 88.7. The summed E-state index contributed by atoms with van der Waals surface area (Å²) in [5.41, 5.74) is 0. The fourth-order valence-corrected chi connectivity index (χ4v) is 15.6. The Balaban J connectivity index is 0.000000617. The number of carbonyl (C=O) groups is 4. The molecule has 0 saturated carbocycles. The quantitative estimate of drug-likeness (QED) is 0.0366. The zero-order chi connectivity index (χ0) is 69.6. The summed E-state index contributed by atoms with van der Waals surface area (Å²) in [5, 5.41) is 74.0. The van der Waals surface area contributed by atoms with Crippen molar-refractivity contribution >= 4 is 70.7 Å². The molecule has 0 bridgehead atoms. The summed E-state index contributed by atoms with van der Waals surface area (Å²) in [6, 6.07) is 0.749. The van der Waals surface area contributed by atoms with Crippen LogP contribution in [0.4, 0.5) is 0 Å². The number of hydrogen-bond donors (Lipinski definition) is 14. The summed E-state index contributed by atoms with van der Waals surface area (Å²) in [4.78, 5) is 48.5. The molecule has 4 saturated heterocycles. The molecular weight excluding hydrogens is 1250 g/mol. The number of thioether (sulfide) groups is 4. The zero-order valence-corrected chi connectivity index (χ0v) is 63.5. The molecule has 92 heavy (non-hydrogen) atoms. The monoisotopic (exact) mass is 1390 g/mol. The minimum Gasteiger partial charge on any atom is -0.390 e. The van der Waals surface area contributed by atoms with E-state index < -0.39 is 18.3 Å². The number of hydrogen-bond acceptors (Lipinski definition) is 22. The molecule has 22 nitrogen and oxygen atoms in total. The summed E-state index contributed by atoms with van der Waals surface area (Å²) in [6.07, 6.45) is 1.48. The van der Waals surface area contributed by atoms with Crippen LogP contribution in [0.3, 0.4) is 0 Å². The number of aliphatic hydroxyl groups excluding tert-OH is 4. The number of carbonyl (C=O) groups excluding carboxylic acids is 4. The van der Waals surface area contributed by atoms with Crippen molar-refractivity contribution in [2.24, 2.45) is 47.3 Å². The van der Waals surface area contributed by atoms with Crippen LogP contribution in [0.25, 0.3) is 0 Å². The second-order valence-corrected chi connectivity index (χ2v) is 31.4. The van der Waals surface area contributed by atoms with Gasteiger partial charge in [-0.15, -0.1) is 47.0 Å². The molecule has 14 N–H and O–H groups in total. The minimum atomic E-state index is -0.578. The maximum absolute atomic E-state index is 12.3. The van der Waals surface area contributed by atoms with Gasteiger partial charge in [0.25, 0.3) is 0 Å². The molecule has 4 aliphatic heterocycles. The van der Waals surface area contributed by atoms with Gasteiger partial charge in [0.15, 0.2) is 0 Å². The van der Waals surface area contributed by atoms with E-state index in [2.05, 4.69) is 102 Å². The van der Waals surface area contributed by atoms with Crippen molar-refractivity contribution in [2.45, 2.75) is 244 Å². The van der Waals surface area contributed by atoms with Gasteiger partial charge in [-0.3, -0.25) is 29.8 Å². The summed E-state index contributed by atoms with van der Waals surface area (Å²) >= 11 is 7.37. The second kappa shape index (κ2) is 50.1. The van der Waals surface area contributed by atoms with Crippen LogP contribution in [0.15, 0.2) is 0 Å². The lowest BCUT2D eigenvalue weighted by molar-refractivity contribution is -0.130. The third-order valence-corrected chi connectivity index (χ3v) is 23.5. The van der Waals surface area contributed by atoms with Gasteiger partial charge in [0.1, 0.15) is 0 Å². The zero-order valence-electron chi connectivity index (χ0n) is 60.3. The van der Waals surface area contributed by atoms with Crippen molar-refractivity contribution in [2.75, 3.05) is 104 Å². The molecule has 4 amide bonds. The molecule has 0 aliphatic carbocycles. The Kier molecular flexibility index (Phi) is 48.3. The lowest BCUT2D eigenvalue weighted by Crippen LogP contribution is -2.45. The molecule has 0 aromatic carbocycles. The third kappa shape index (κ3) is 33.5. The van der Waals surface area contributed by atoms with E-state index in [1.54, 1.807) is 52.0 Å². The third-order valence-electron chi connectivity index (χ3n) is 18.7. The number of rotatable bonds is 40. The van der Waals surface area contributed by atoms with Crippen LogP contribution in [0.5, 0.6) is 0 Å². The molecule has 4 rings (SSSR count). The maximum atomic E-state index is 12.3. The highest BCUT2D eigenvalue weighted by molar-refractivity contribution is 8.00. The first-order chi connectivity index (χ1) is 43.6. The van der Waals surface area contributed by atoms with Crippen molar-refractivity contribution in [1.82, 2.24) is 53.2 Å². The number of ether oxygens (including phenoxy) is 4. The average molecular weight is 1390 g/mol. The number of nitrogens with one attached hydrogen (secondary N) is 10. The predicted octanol–water partition coefficient (Wildman–Crippen LogP) is 4.81. The highest BCUT2D eigenvalue weighted by atomic mass is 32.2. The van der Waals surface area contributed by atoms with E-state index in [4.69, 9.17) is 18.9 Å². The molecular formula is C66H134N10O12S4. The highest BCUT2D eigenvalue weighted by Crippen LogP contribution is 2.27. The van der Waals surface area contributed by atoms with E-state index in [9.17, 15) is 39.6 Å². The van der Waals surface area contributed by atoms with Crippen LogP contribution in [-0.4, -0.2) is 242 Å². The lowest BCUT2D eigenvalue weighted by Gasteiger charge is -2.31. The van der Waals surface area contributed by atoms with Gasteiger partial charge in [-0.1, -0.05) is 83.1 Å². The Morgan fingerprint density at radius 2 is 0.739 bits per heavy atom. The topological polar surface area (TPSA) is 306 Å². The molecule has 0 spiro atoms. The van der Waals surface area contributed by atoms with Gasteiger partial charge in [0.2, 0.25) is 23.6 Å². The SMILES string of the molecule is CCC(O)[C@@H](OC)[C@H](C)C(C)C(=O)NCC1CSC(C)N1.CCC(O)[C@@H](OC)[C@H](C)C(C)C(=O)NCCCNC(=O)C1CSC(C)N1.CCC(O)[C@@H](OC)[C@H](C)C(C)CNCC1CSC(C)N1.CCC(O)[C@@H](OC)[C@H](C)C(C)CNCCCNC(=O)C1CSC(C)N1. The predicted molar refractivity (Wildman–Crippen MR) is 384 cm³/mol. The van der Waals surface area contributed by atoms with Crippen molar-refractivity contribution in [3.05, 3.63) is 0 Å². The van der Waals surface area contributed by atoms with Crippen LogP contribution in [0, 0.1) is 47.3 Å². The number of aliphatic hydroxyl groups is 4. The molecule has 26 heteroatoms. The van der Waals surface area contributed by atoms with Crippen molar-refractivity contribution < 1.29 is 58.6 Å². The van der Waals surface area contributed by atoms with Gasteiger partial charge in [0, 0.05) is 108 Å². The smallest absolute Gasteiger partial charge is 0.238 e. The lowest BCUT2D eigenvalue weighted by atomic mass is 9.86. The van der Waals surface area contributed by atoms with E-state index in [0.717, 1.165) is 56.3 Å². The van der Waals surface area contributed by atoms with Crippen LogP contribution in [0.1, 0.15) is 149 Å². The second-order valence-electron chi connectivity index (χ2n) is 25.9. The molecule has 24 atom stereocenters. The standard InChI is InChI=1S/C18H35N3O4S.C18H37N3O3S.C15H30N2O3S.C15H32N2O2S/c1-6-15(22)16(25-5)11(2)12(3)17(23)19-8-7-9-20-18(24)14-10-26-13(4)21-14;1-6-16(22)17(24-5)13(3)12(2)10-19-8-7-9-20-18(23)15-11-25-14(4)21-15;1-6-13(18)14(20-5)9(2)10(3)15(19)16-7-12-8-21-11(4)17-12;1-6-14(18)15(19-5)11(3)10(2)7-16-8-13-9-20-12(4)17-13/h11-16,21-22H,6-10H2,1-5H3,(H,19,23)(H,20,24);12-17,19,21-22H,6-11H2,1-5H3,(H,20,23);9-14,17-18H,6-8H2,1-5H3,(H,16,19);10-18H,6-9H2,1-5H3/t11-,12?,13?,14?,15?,16+;12?,13-,14?,15?,16?,17+;9-,10?,11?,12?,13?,14+;10?,11-,12?,13?,14?,15+/m1111/s1. The molecule has 4 heterocycles. The summed E-state index contributed by atoms with van der Waals surface area (Å²) in [6.45, 7) is 38.7. The summed E-state index contributed by atoms with van der Waals surface area (Å²) in [5.74, 6) is 4.87. The van der Waals surface area contributed by atoms with E-state index >= 15 is 0 Å². The first-order valence-electron chi connectivity index (χ1n) is 34.5. The Bertz CT molecular complexity index is 1960. The summed E-state index contributed by atoms with van der Waals surface area (Å²) < 4.78 is 21.7. The van der Waals surface area contributed by atoms with Crippen LogP contribution in [0.2, 0.25) is 0 Å². The fraction of sp³-hybridized carbons (Fsp3) is 0.939. The van der Waals surface area contributed by atoms with Gasteiger partial charge in [-0.05, 0) is 121 Å². The van der Waals surface area contributed by atoms with E-state index in [1.165, 1.54) is 5.75 Å². The normalized spacial score (nSPS) is 26.5.